The van der Waals surface area contributed by atoms with E-state index in [0.717, 1.165) is 12.1 Å². The number of nitrogens with two attached hydrogens (primary N) is 1. The molecule has 1 heterocycles. The average Bonchev–Trinajstić information content (AvgIpc) is 2.75. The zero-order valence-corrected chi connectivity index (χ0v) is 10.3. The van der Waals surface area contributed by atoms with Crippen LogP contribution in [0.2, 0.25) is 0 Å². The summed E-state index contributed by atoms with van der Waals surface area (Å²) in [4.78, 5) is 13.5. The van der Waals surface area contributed by atoms with Gasteiger partial charge in [0.05, 0.1) is 4.92 Å². The summed E-state index contributed by atoms with van der Waals surface area (Å²) in [5.41, 5.74) is 3.97. The third-order valence-electron chi connectivity index (χ3n) is 2.46. The number of nitro benzene ring substituents is 1. The fraction of sp³-hybridized carbons (Fsp3) is 0.273. The van der Waals surface area contributed by atoms with Gasteiger partial charge in [-0.25, -0.2) is 4.39 Å². The topological polar surface area (TPSA) is 108 Å². The summed E-state index contributed by atoms with van der Waals surface area (Å²) >= 11 is 0. The lowest BCUT2D eigenvalue weighted by Crippen LogP contribution is -2.17. The van der Waals surface area contributed by atoms with E-state index in [2.05, 4.69) is 10.1 Å². The molecule has 9 heteroatoms. The van der Waals surface area contributed by atoms with Gasteiger partial charge in [-0.2, -0.15) is 9.37 Å². The first-order chi connectivity index (χ1) is 9.40. The van der Waals surface area contributed by atoms with Gasteiger partial charge in [-0.15, -0.1) is 0 Å². The number of aromatic nitrogens is 2. The van der Waals surface area contributed by atoms with Crippen molar-refractivity contribution >= 4 is 5.69 Å². The molecule has 0 radical (unpaired) electrons. The molecule has 2 N–H and O–H groups in total. The van der Waals surface area contributed by atoms with Gasteiger partial charge in [0.2, 0.25) is 17.5 Å². The van der Waals surface area contributed by atoms with E-state index in [1.165, 1.54) is 0 Å². The third kappa shape index (κ3) is 2.62. The van der Waals surface area contributed by atoms with Gasteiger partial charge in [-0.3, -0.25) is 10.1 Å². The zero-order valence-electron chi connectivity index (χ0n) is 10.3. The molecule has 0 saturated carbocycles. The molecule has 1 unspecified atom stereocenters. The molecule has 0 aliphatic heterocycles. The van der Waals surface area contributed by atoms with Crippen molar-refractivity contribution < 1.29 is 18.2 Å². The Bertz CT molecular complexity index is 657. The van der Waals surface area contributed by atoms with E-state index in [1.807, 2.05) is 0 Å². The van der Waals surface area contributed by atoms with Crippen molar-refractivity contribution in [3.8, 4) is 11.4 Å². The molecule has 0 spiro atoms. The Morgan fingerprint density at radius 3 is 2.80 bits per heavy atom. The second-order valence-electron chi connectivity index (χ2n) is 4.21. The number of halogens is 2. The van der Waals surface area contributed by atoms with Crippen LogP contribution in [0.3, 0.4) is 0 Å². The standard InChI is InChI=1S/C11H10F2N4O3/c1-5(14)4-8-15-11(16-20-8)9-6(12)2-3-7(10(9)13)17(18)19/h2-3,5H,4,14H2,1H3. The summed E-state index contributed by atoms with van der Waals surface area (Å²) in [5.74, 6) is -2.65. The van der Waals surface area contributed by atoms with Crippen molar-refractivity contribution in [2.45, 2.75) is 19.4 Å². The molecule has 2 rings (SSSR count). The highest BCUT2D eigenvalue weighted by Gasteiger charge is 2.25. The molecule has 0 aliphatic rings. The van der Waals surface area contributed by atoms with Gasteiger partial charge in [-0.05, 0) is 13.0 Å². The van der Waals surface area contributed by atoms with E-state index in [9.17, 15) is 18.9 Å². The lowest BCUT2D eigenvalue weighted by atomic mass is 10.1. The third-order valence-corrected chi connectivity index (χ3v) is 2.46. The minimum absolute atomic E-state index is 0.0975. The summed E-state index contributed by atoms with van der Waals surface area (Å²) in [6.07, 6.45) is 0.227. The van der Waals surface area contributed by atoms with E-state index in [-0.39, 0.29) is 24.2 Å². The molecule has 1 aromatic carbocycles. The van der Waals surface area contributed by atoms with Crippen LogP contribution >= 0.6 is 0 Å². The Labute approximate surface area is 111 Å². The molecule has 106 valence electrons. The predicted octanol–water partition coefficient (Wildman–Crippen LogP) is 1.81. The largest absolute Gasteiger partial charge is 0.339 e. The first kappa shape index (κ1) is 14.0. The van der Waals surface area contributed by atoms with Crippen LogP contribution < -0.4 is 5.73 Å². The molecule has 1 aromatic heterocycles. The normalized spacial score (nSPS) is 12.4. The molecule has 0 saturated heterocycles. The molecule has 2 aromatic rings. The highest BCUT2D eigenvalue weighted by molar-refractivity contribution is 5.61. The van der Waals surface area contributed by atoms with Crippen LogP contribution in [0.15, 0.2) is 16.7 Å². The second kappa shape index (κ2) is 5.29. The number of nitro groups is 1. The number of nitrogens with zero attached hydrogens (tertiary/aromatic N) is 3. The van der Waals surface area contributed by atoms with Crippen LogP contribution in [0.4, 0.5) is 14.5 Å². The van der Waals surface area contributed by atoms with Crippen LogP contribution in [0.5, 0.6) is 0 Å². The number of benzene rings is 1. The quantitative estimate of drug-likeness (QED) is 0.677. The molecule has 1 atom stereocenters. The van der Waals surface area contributed by atoms with Crippen LogP contribution in [0.25, 0.3) is 11.4 Å². The molecule has 0 bridgehead atoms. The first-order valence-electron chi connectivity index (χ1n) is 5.61. The highest BCUT2D eigenvalue weighted by atomic mass is 19.1. The van der Waals surface area contributed by atoms with E-state index in [0.29, 0.717) is 0 Å². The van der Waals surface area contributed by atoms with Crippen molar-refractivity contribution in [1.29, 1.82) is 0 Å². The number of hydrogen-bond donors (Lipinski definition) is 1. The minimum Gasteiger partial charge on any atom is -0.339 e. The van der Waals surface area contributed by atoms with E-state index >= 15 is 0 Å². The van der Waals surface area contributed by atoms with Crippen LogP contribution in [-0.4, -0.2) is 21.1 Å². The van der Waals surface area contributed by atoms with Gasteiger partial charge in [0.1, 0.15) is 11.4 Å². The van der Waals surface area contributed by atoms with Crippen molar-refractivity contribution in [1.82, 2.24) is 10.1 Å². The van der Waals surface area contributed by atoms with E-state index in [1.54, 1.807) is 6.92 Å². The maximum absolute atomic E-state index is 13.9. The molecular formula is C11H10F2N4O3. The summed E-state index contributed by atoms with van der Waals surface area (Å²) in [6, 6.07) is 1.23. The minimum atomic E-state index is -1.34. The van der Waals surface area contributed by atoms with Crippen LogP contribution in [0, 0.1) is 21.7 Å². The Morgan fingerprint density at radius 2 is 2.20 bits per heavy atom. The van der Waals surface area contributed by atoms with Crippen molar-refractivity contribution in [2.24, 2.45) is 5.73 Å². The van der Waals surface area contributed by atoms with Crippen molar-refractivity contribution in [2.75, 3.05) is 0 Å². The SMILES string of the molecule is CC(N)Cc1nc(-c2c(F)ccc([N+](=O)[O-])c2F)no1. The molecule has 0 amide bonds. The summed E-state index contributed by atoms with van der Waals surface area (Å²) in [5, 5.41) is 14.0. The van der Waals surface area contributed by atoms with Crippen molar-refractivity contribution in [3.05, 3.63) is 39.8 Å². The maximum Gasteiger partial charge on any atom is 0.305 e. The molecule has 0 fully saturated rings. The molecule has 0 aliphatic carbocycles. The van der Waals surface area contributed by atoms with Gasteiger partial charge >= 0.3 is 5.69 Å². The van der Waals surface area contributed by atoms with Gasteiger partial charge in [0.15, 0.2) is 0 Å². The number of rotatable bonds is 4. The predicted molar refractivity (Wildman–Crippen MR) is 63.7 cm³/mol. The lowest BCUT2D eigenvalue weighted by molar-refractivity contribution is -0.387. The van der Waals surface area contributed by atoms with Crippen LogP contribution in [-0.2, 0) is 6.42 Å². The molecule has 7 nitrogen and oxygen atoms in total. The Balaban J connectivity index is 2.49. The Hall–Kier alpha value is -2.42. The summed E-state index contributed by atoms with van der Waals surface area (Å²) < 4.78 is 32.4. The van der Waals surface area contributed by atoms with Gasteiger partial charge in [-0.1, -0.05) is 5.16 Å². The van der Waals surface area contributed by atoms with Crippen LogP contribution in [0.1, 0.15) is 12.8 Å². The van der Waals surface area contributed by atoms with E-state index in [4.69, 9.17) is 10.3 Å². The molecular weight excluding hydrogens is 274 g/mol. The van der Waals surface area contributed by atoms with Gasteiger partial charge < -0.3 is 10.3 Å². The van der Waals surface area contributed by atoms with Crippen molar-refractivity contribution in [3.63, 3.8) is 0 Å². The smallest absolute Gasteiger partial charge is 0.305 e. The van der Waals surface area contributed by atoms with E-state index < -0.39 is 27.8 Å². The van der Waals surface area contributed by atoms with Gasteiger partial charge in [0, 0.05) is 18.5 Å². The van der Waals surface area contributed by atoms with Gasteiger partial charge in [0.25, 0.3) is 0 Å². The summed E-state index contributed by atoms with van der Waals surface area (Å²) in [6.45, 7) is 1.69. The lowest BCUT2D eigenvalue weighted by Gasteiger charge is -2.00. The second-order valence-corrected chi connectivity index (χ2v) is 4.21. The zero-order chi connectivity index (χ0) is 14.9. The molecule has 20 heavy (non-hydrogen) atoms. The fourth-order valence-electron chi connectivity index (χ4n) is 1.60. The Kier molecular flexibility index (Phi) is 3.70. The monoisotopic (exact) mass is 284 g/mol. The maximum atomic E-state index is 13.9. The Morgan fingerprint density at radius 1 is 1.50 bits per heavy atom. The summed E-state index contributed by atoms with van der Waals surface area (Å²) in [7, 11) is 0. The fourth-order valence-corrected chi connectivity index (χ4v) is 1.60. The number of hydrogen-bond acceptors (Lipinski definition) is 6. The highest BCUT2D eigenvalue weighted by Crippen LogP contribution is 2.29. The average molecular weight is 284 g/mol. The first-order valence-corrected chi connectivity index (χ1v) is 5.61.